The Bertz CT molecular complexity index is 685. The van der Waals surface area contributed by atoms with Crippen LogP contribution in [0, 0.1) is 0 Å². The number of rotatable bonds is 5. The van der Waals surface area contributed by atoms with E-state index in [2.05, 4.69) is 29.2 Å². The van der Waals surface area contributed by atoms with Crippen molar-refractivity contribution < 1.29 is 22.6 Å². The maximum absolute atomic E-state index is 12.6. The van der Waals surface area contributed by atoms with Gasteiger partial charge >= 0.3 is 16.3 Å². The molecule has 3 heterocycles. The molecule has 0 saturated carbocycles. The molecule has 10 nitrogen and oxygen atoms in total. The van der Waals surface area contributed by atoms with Crippen molar-refractivity contribution in [2.24, 2.45) is 0 Å². The molecular formula is C16H29N5O5S. The first-order valence-corrected chi connectivity index (χ1v) is 10.8. The van der Waals surface area contributed by atoms with Crippen LogP contribution in [0.15, 0.2) is 0 Å². The molecule has 3 aliphatic heterocycles. The van der Waals surface area contributed by atoms with Crippen LogP contribution in [0.1, 0.15) is 25.7 Å². The highest BCUT2D eigenvalue weighted by molar-refractivity contribution is 7.84. The zero-order valence-electron chi connectivity index (χ0n) is 15.9. The van der Waals surface area contributed by atoms with Gasteiger partial charge in [0.1, 0.15) is 6.04 Å². The van der Waals surface area contributed by atoms with Gasteiger partial charge in [0.05, 0.1) is 6.04 Å². The lowest BCUT2D eigenvalue weighted by Crippen LogP contribution is -2.69. The van der Waals surface area contributed by atoms with E-state index in [9.17, 15) is 18.0 Å². The maximum atomic E-state index is 12.6. The molecule has 0 spiro atoms. The number of carbonyl (C=O) groups excluding carboxylic acids is 2. The van der Waals surface area contributed by atoms with Gasteiger partial charge in [0.25, 0.3) is 5.91 Å². The van der Waals surface area contributed by atoms with Gasteiger partial charge in [-0.05, 0) is 46.3 Å². The molecule has 0 aromatic heterocycles. The second-order valence-corrected chi connectivity index (χ2v) is 9.12. The molecule has 0 bridgehead atoms. The normalized spacial score (nSPS) is 29.5. The lowest BCUT2D eigenvalue weighted by Gasteiger charge is -2.42. The number of likely N-dealkylation sites (tertiary alicyclic amines) is 2. The molecule has 3 aliphatic rings. The van der Waals surface area contributed by atoms with Crippen LogP contribution in [-0.4, -0.2) is 109 Å². The zero-order chi connectivity index (χ0) is 19.8. The van der Waals surface area contributed by atoms with Crippen molar-refractivity contribution >= 4 is 22.2 Å². The number of likely N-dealkylation sites (N-methyl/N-ethyl adjacent to an activating group) is 1. The van der Waals surface area contributed by atoms with Gasteiger partial charge in [-0.25, -0.2) is 9.10 Å². The number of fused-ring (bicyclic) bond motifs is 1. The predicted molar refractivity (Wildman–Crippen MR) is 98.5 cm³/mol. The van der Waals surface area contributed by atoms with Crippen molar-refractivity contribution in [2.75, 3.05) is 46.8 Å². The molecular weight excluding hydrogens is 374 g/mol. The van der Waals surface area contributed by atoms with Crippen LogP contribution in [0.3, 0.4) is 0 Å². The average molecular weight is 404 g/mol. The summed E-state index contributed by atoms with van der Waals surface area (Å²) >= 11 is 0. The summed E-state index contributed by atoms with van der Waals surface area (Å²) in [5.41, 5.74) is 0. The highest BCUT2D eigenvalue weighted by Crippen LogP contribution is 2.35. The summed E-state index contributed by atoms with van der Waals surface area (Å²) in [6, 6.07) is -1.70. The van der Waals surface area contributed by atoms with E-state index in [1.807, 2.05) is 0 Å². The third-order valence-corrected chi connectivity index (χ3v) is 6.61. The number of nitrogens with one attached hydrogen (secondary N) is 1. The lowest BCUT2D eigenvalue weighted by atomic mass is 10.0. The minimum absolute atomic E-state index is 0.0498. The smallest absolute Gasteiger partial charge is 0.335 e. The Morgan fingerprint density at radius 2 is 1.96 bits per heavy atom. The Labute approximate surface area is 160 Å². The van der Waals surface area contributed by atoms with Gasteiger partial charge in [0.2, 0.25) is 0 Å². The Hall–Kier alpha value is -1.43. The molecule has 3 fully saturated rings. The Kier molecular flexibility index (Phi) is 5.94. The second-order valence-electron chi connectivity index (χ2n) is 7.83. The Balaban J connectivity index is 1.51. The zero-order valence-corrected chi connectivity index (χ0v) is 16.7. The maximum Gasteiger partial charge on any atom is 0.362 e. The summed E-state index contributed by atoms with van der Waals surface area (Å²) in [5.74, 6) is -0.731. The van der Waals surface area contributed by atoms with Crippen LogP contribution >= 0.6 is 0 Å². The van der Waals surface area contributed by atoms with Crippen molar-refractivity contribution in [3.63, 3.8) is 0 Å². The molecule has 11 heteroatoms. The molecule has 27 heavy (non-hydrogen) atoms. The van der Waals surface area contributed by atoms with E-state index in [0.29, 0.717) is 17.3 Å². The topological polar surface area (TPSA) is 114 Å². The number of amides is 3. The van der Waals surface area contributed by atoms with E-state index >= 15 is 0 Å². The summed E-state index contributed by atoms with van der Waals surface area (Å²) in [4.78, 5) is 30.7. The minimum Gasteiger partial charge on any atom is -0.335 e. The second kappa shape index (κ2) is 7.90. The number of hydrogen-bond acceptors (Lipinski definition) is 6. The summed E-state index contributed by atoms with van der Waals surface area (Å²) in [6.07, 6.45) is 3.09. The number of β-lactam (4-membered cyclic amide) rings is 1. The van der Waals surface area contributed by atoms with E-state index in [0.717, 1.165) is 45.4 Å². The van der Waals surface area contributed by atoms with E-state index in [4.69, 9.17) is 4.55 Å². The van der Waals surface area contributed by atoms with E-state index in [1.165, 1.54) is 4.90 Å². The summed E-state index contributed by atoms with van der Waals surface area (Å²) < 4.78 is 32.1. The molecule has 2 N–H and O–H groups in total. The fraction of sp³-hybridized carbons (Fsp3) is 0.875. The first-order valence-electron chi connectivity index (χ1n) is 9.43. The molecule has 0 unspecified atom stereocenters. The van der Waals surface area contributed by atoms with Crippen LogP contribution in [0.5, 0.6) is 0 Å². The standard InChI is InChI=1S/C16H29N5O5S/c1-18(2)10-11-19-7-3-4-12(5-8-19)17-16(23)20-9-6-13-14(20)15(22)21(13)27(24,25)26/h12-14H,3-11H2,1-2H3,(H,17,23)(H,24,25,26)/t12-,13+,14-/m0/s1. The Morgan fingerprint density at radius 3 is 2.63 bits per heavy atom. The molecule has 0 aliphatic carbocycles. The van der Waals surface area contributed by atoms with Crippen molar-refractivity contribution in [3.05, 3.63) is 0 Å². The molecule has 0 aromatic carbocycles. The molecule has 3 rings (SSSR count). The van der Waals surface area contributed by atoms with Gasteiger partial charge in [-0.2, -0.15) is 8.42 Å². The van der Waals surface area contributed by atoms with Gasteiger partial charge in [0.15, 0.2) is 0 Å². The fourth-order valence-corrected chi connectivity index (χ4v) is 5.06. The largest absolute Gasteiger partial charge is 0.362 e. The van der Waals surface area contributed by atoms with Crippen LogP contribution in [0.2, 0.25) is 0 Å². The monoisotopic (exact) mass is 403 g/mol. The van der Waals surface area contributed by atoms with Gasteiger partial charge in [0, 0.05) is 32.2 Å². The first kappa shape index (κ1) is 20.3. The molecule has 3 saturated heterocycles. The summed E-state index contributed by atoms with van der Waals surface area (Å²) in [6.45, 7) is 4.24. The van der Waals surface area contributed by atoms with Crippen LogP contribution in [0.25, 0.3) is 0 Å². The first-order chi connectivity index (χ1) is 12.7. The summed E-state index contributed by atoms with van der Waals surface area (Å²) in [7, 11) is -0.451. The van der Waals surface area contributed by atoms with E-state index in [-0.39, 0.29) is 12.1 Å². The fourth-order valence-electron chi connectivity index (χ4n) is 4.17. The Morgan fingerprint density at radius 1 is 1.22 bits per heavy atom. The molecule has 154 valence electrons. The quantitative estimate of drug-likeness (QED) is 0.456. The third-order valence-electron chi connectivity index (χ3n) is 5.66. The molecule has 3 atom stereocenters. The van der Waals surface area contributed by atoms with Crippen LogP contribution in [0.4, 0.5) is 4.79 Å². The van der Waals surface area contributed by atoms with Gasteiger partial charge < -0.3 is 20.0 Å². The highest BCUT2D eigenvalue weighted by Gasteiger charge is 2.60. The number of urea groups is 1. The molecule has 3 amide bonds. The average Bonchev–Trinajstić information content (AvgIpc) is 2.78. The summed E-state index contributed by atoms with van der Waals surface area (Å²) in [5, 5.41) is 3.01. The number of carbonyl (C=O) groups is 2. The highest BCUT2D eigenvalue weighted by atomic mass is 32.2. The predicted octanol–water partition coefficient (Wildman–Crippen LogP) is -0.800. The SMILES string of the molecule is CN(C)CCN1CCC[C@H](NC(=O)N2CC[C@@H]3[C@H]2C(=O)N3S(=O)(=O)O)CC1. The van der Waals surface area contributed by atoms with E-state index < -0.39 is 28.3 Å². The van der Waals surface area contributed by atoms with Crippen molar-refractivity contribution in [3.8, 4) is 0 Å². The minimum atomic E-state index is -4.55. The van der Waals surface area contributed by atoms with Crippen LogP contribution < -0.4 is 5.32 Å². The van der Waals surface area contributed by atoms with Crippen molar-refractivity contribution in [2.45, 2.75) is 43.8 Å². The number of nitrogens with zero attached hydrogens (tertiary/aromatic N) is 4. The van der Waals surface area contributed by atoms with Gasteiger partial charge in [-0.1, -0.05) is 0 Å². The van der Waals surface area contributed by atoms with Crippen molar-refractivity contribution in [1.82, 2.24) is 24.3 Å². The van der Waals surface area contributed by atoms with E-state index in [1.54, 1.807) is 0 Å². The number of hydrogen-bond donors (Lipinski definition) is 2. The molecule has 0 radical (unpaired) electrons. The van der Waals surface area contributed by atoms with Crippen LogP contribution in [-0.2, 0) is 15.1 Å². The van der Waals surface area contributed by atoms with Gasteiger partial charge in [-0.3, -0.25) is 9.35 Å². The van der Waals surface area contributed by atoms with Gasteiger partial charge in [-0.15, -0.1) is 0 Å². The lowest BCUT2D eigenvalue weighted by molar-refractivity contribution is -0.143. The molecule has 0 aromatic rings. The van der Waals surface area contributed by atoms with Crippen molar-refractivity contribution in [1.29, 1.82) is 0 Å². The third kappa shape index (κ3) is 4.36.